The van der Waals surface area contributed by atoms with E-state index in [4.69, 9.17) is 27.9 Å². The molecule has 0 radical (unpaired) electrons. The normalized spacial score (nSPS) is 18.9. The van der Waals surface area contributed by atoms with Crippen LogP contribution in [0.2, 0.25) is 10.0 Å². The molecule has 0 bridgehead atoms. The van der Waals surface area contributed by atoms with Gasteiger partial charge in [-0.25, -0.2) is 0 Å². The molecule has 1 aliphatic rings. The zero-order chi connectivity index (χ0) is 14.5. The maximum Gasteiger partial charge on any atom is 0.226 e. The molecule has 0 aromatic heterocycles. The first kappa shape index (κ1) is 15.4. The van der Waals surface area contributed by atoms with Crippen molar-refractivity contribution in [3.05, 3.63) is 28.2 Å². The molecule has 6 heteroatoms. The van der Waals surface area contributed by atoms with Crippen molar-refractivity contribution in [3.63, 3.8) is 0 Å². The smallest absolute Gasteiger partial charge is 0.226 e. The number of carbonyl (C=O) groups is 1. The highest BCUT2D eigenvalue weighted by Crippen LogP contribution is 2.26. The second-order valence-electron chi connectivity index (χ2n) is 4.81. The molecule has 0 saturated carbocycles. The first-order valence-corrected chi connectivity index (χ1v) is 7.35. The lowest BCUT2D eigenvalue weighted by molar-refractivity contribution is -0.134. The van der Waals surface area contributed by atoms with Crippen LogP contribution in [0.5, 0.6) is 5.75 Å². The van der Waals surface area contributed by atoms with E-state index in [1.807, 2.05) is 0 Å². The van der Waals surface area contributed by atoms with Crippen molar-refractivity contribution in [1.29, 1.82) is 0 Å². The van der Waals surface area contributed by atoms with E-state index >= 15 is 0 Å². The van der Waals surface area contributed by atoms with Crippen molar-refractivity contribution in [2.24, 2.45) is 0 Å². The van der Waals surface area contributed by atoms with Gasteiger partial charge in [-0.05, 0) is 25.0 Å². The highest BCUT2D eigenvalue weighted by Gasteiger charge is 2.21. The highest BCUT2D eigenvalue weighted by atomic mass is 35.5. The molecule has 1 saturated heterocycles. The van der Waals surface area contributed by atoms with Crippen molar-refractivity contribution in [2.45, 2.75) is 25.4 Å². The largest absolute Gasteiger partial charge is 0.493 e. The van der Waals surface area contributed by atoms with Crippen LogP contribution < -0.4 is 4.74 Å². The molecule has 1 unspecified atom stereocenters. The van der Waals surface area contributed by atoms with E-state index in [-0.39, 0.29) is 18.9 Å². The summed E-state index contributed by atoms with van der Waals surface area (Å²) < 4.78 is 5.48. The lowest BCUT2D eigenvalue weighted by Crippen LogP contribution is -2.42. The van der Waals surface area contributed by atoms with Gasteiger partial charge in [-0.2, -0.15) is 0 Å². The fraction of sp³-hybridized carbons (Fsp3) is 0.500. The van der Waals surface area contributed by atoms with Gasteiger partial charge in [0.05, 0.1) is 29.2 Å². The molecular weight excluding hydrogens is 301 g/mol. The molecule has 110 valence electrons. The summed E-state index contributed by atoms with van der Waals surface area (Å²) in [5.41, 5.74) is 0. The summed E-state index contributed by atoms with van der Waals surface area (Å²) in [6.45, 7) is 1.41. The number of ether oxygens (including phenoxy) is 1. The predicted molar refractivity (Wildman–Crippen MR) is 78.4 cm³/mol. The molecule has 1 fully saturated rings. The molecule has 1 atom stereocenters. The molecule has 1 amide bonds. The van der Waals surface area contributed by atoms with Gasteiger partial charge in [0.2, 0.25) is 5.91 Å². The summed E-state index contributed by atoms with van der Waals surface area (Å²) in [5.74, 6) is 0.592. The van der Waals surface area contributed by atoms with Gasteiger partial charge in [-0.3, -0.25) is 4.79 Å². The minimum atomic E-state index is -0.399. The molecule has 2 rings (SSSR count). The van der Waals surface area contributed by atoms with Gasteiger partial charge >= 0.3 is 0 Å². The Morgan fingerprint density at radius 2 is 2.20 bits per heavy atom. The molecule has 4 nitrogen and oxygen atoms in total. The Hall–Kier alpha value is -0.970. The number of hydrogen-bond acceptors (Lipinski definition) is 3. The molecular formula is C14H17Cl2NO3. The van der Waals surface area contributed by atoms with Crippen LogP contribution in [-0.4, -0.2) is 41.7 Å². The quantitative estimate of drug-likeness (QED) is 0.929. The minimum Gasteiger partial charge on any atom is -0.493 e. The minimum absolute atomic E-state index is 0.00353. The predicted octanol–water partition coefficient (Wildman–Crippen LogP) is 2.75. The number of aliphatic hydroxyl groups is 1. The zero-order valence-electron chi connectivity index (χ0n) is 11.0. The van der Waals surface area contributed by atoms with E-state index in [1.54, 1.807) is 23.1 Å². The van der Waals surface area contributed by atoms with Crippen LogP contribution in [0.4, 0.5) is 0 Å². The van der Waals surface area contributed by atoms with E-state index in [2.05, 4.69) is 0 Å². The van der Waals surface area contributed by atoms with Gasteiger partial charge < -0.3 is 14.7 Å². The number of nitrogens with zero attached hydrogens (tertiary/aromatic N) is 1. The summed E-state index contributed by atoms with van der Waals surface area (Å²) >= 11 is 11.7. The summed E-state index contributed by atoms with van der Waals surface area (Å²) in [4.78, 5) is 13.6. The molecule has 1 N–H and O–H groups in total. The van der Waals surface area contributed by atoms with Gasteiger partial charge in [0.25, 0.3) is 0 Å². The van der Waals surface area contributed by atoms with Crippen LogP contribution in [0, 0.1) is 0 Å². The van der Waals surface area contributed by atoms with Gasteiger partial charge in [-0.15, -0.1) is 0 Å². The van der Waals surface area contributed by atoms with Gasteiger partial charge in [-0.1, -0.05) is 23.2 Å². The third kappa shape index (κ3) is 4.27. The van der Waals surface area contributed by atoms with Crippen molar-refractivity contribution in [3.8, 4) is 5.75 Å². The number of carbonyl (C=O) groups excluding carboxylic acids is 1. The van der Waals surface area contributed by atoms with Crippen molar-refractivity contribution < 1.29 is 14.6 Å². The molecule has 1 aromatic carbocycles. The average molecular weight is 318 g/mol. The number of benzene rings is 1. The maximum absolute atomic E-state index is 11.9. The molecule has 1 heterocycles. The number of β-amino-alcohol motifs (C(OH)–C–C–N with tert-alkyl or cyclic N) is 1. The Balaban J connectivity index is 1.77. The molecule has 1 aromatic rings. The Labute approximate surface area is 128 Å². The molecule has 0 spiro atoms. The number of hydrogen-bond donors (Lipinski definition) is 1. The fourth-order valence-corrected chi connectivity index (χ4v) is 2.45. The Morgan fingerprint density at radius 1 is 1.40 bits per heavy atom. The summed E-state index contributed by atoms with van der Waals surface area (Å²) in [6, 6.07) is 4.99. The van der Waals surface area contributed by atoms with E-state index in [1.165, 1.54) is 0 Å². The van der Waals surface area contributed by atoms with Crippen molar-refractivity contribution in [2.75, 3.05) is 19.7 Å². The third-order valence-corrected chi connectivity index (χ3v) is 3.96. The van der Waals surface area contributed by atoms with Gasteiger partial charge in [0.15, 0.2) is 0 Å². The van der Waals surface area contributed by atoms with E-state index in [9.17, 15) is 9.90 Å². The number of aliphatic hydroxyl groups excluding tert-OH is 1. The Kier molecular flexibility index (Phi) is 5.52. The summed E-state index contributed by atoms with van der Waals surface area (Å²) in [5, 5.41) is 10.4. The highest BCUT2D eigenvalue weighted by molar-refractivity contribution is 6.42. The second kappa shape index (κ2) is 7.16. The number of rotatable bonds is 4. The van der Waals surface area contributed by atoms with Gasteiger partial charge in [0, 0.05) is 19.2 Å². The van der Waals surface area contributed by atoms with Crippen LogP contribution in [0.15, 0.2) is 18.2 Å². The zero-order valence-corrected chi connectivity index (χ0v) is 12.5. The van der Waals surface area contributed by atoms with Crippen LogP contribution in [-0.2, 0) is 4.79 Å². The lowest BCUT2D eigenvalue weighted by Gasteiger charge is -2.30. The summed E-state index contributed by atoms with van der Waals surface area (Å²) in [7, 11) is 0. The van der Waals surface area contributed by atoms with Crippen LogP contribution in [0.3, 0.4) is 0 Å². The number of likely N-dealkylation sites (tertiary alicyclic amines) is 1. The first-order chi connectivity index (χ1) is 9.56. The Bertz CT molecular complexity index is 481. The monoisotopic (exact) mass is 317 g/mol. The van der Waals surface area contributed by atoms with Crippen LogP contribution >= 0.6 is 23.2 Å². The van der Waals surface area contributed by atoms with E-state index in [0.717, 1.165) is 12.8 Å². The standard InChI is InChI=1S/C14H17Cl2NO3/c15-12-4-3-11(8-13(12)16)20-7-5-14(19)17-6-1-2-10(18)9-17/h3-4,8,10,18H,1-2,5-7,9H2. The van der Waals surface area contributed by atoms with Gasteiger partial charge in [0.1, 0.15) is 5.75 Å². The number of halogens is 2. The van der Waals surface area contributed by atoms with Crippen LogP contribution in [0.1, 0.15) is 19.3 Å². The van der Waals surface area contributed by atoms with Crippen LogP contribution in [0.25, 0.3) is 0 Å². The number of piperidine rings is 1. The molecule has 20 heavy (non-hydrogen) atoms. The summed E-state index contributed by atoms with van der Waals surface area (Å²) in [6.07, 6.45) is 1.50. The fourth-order valence-electron chi connectivity index (χ4n) is 2.16. The number of amides is 1. The third-order valence-electron chi connectivity index (χ3n) is 3.22. The Morgan fingerprint density at radius 3 is 2.90 bits per heavy atom. The second-order valence-corrected chi connectivity index (χ2v) is 5.62. The average Bonchev–Trinajstić information content (AvgIpc) is 2.42. The maximum atomic E-state index is 11.9. The topological polar surface area (TPSA) is 49.8 Å². The molecule has 0 aliphatic carbocycles. The van der Waals surface area contributed by atoms with Crippen molar-refractivity contribution in [1.82, 2.24) is 4.90 Å². The van der Waals surface area contributed by atoms with Crippen molar-refractivity contribution >= 4 is 29.1 Å². The first-order valence-electron chi connectivity index (χ1n) is 6.60. The SMILES string of the molecule is O=C(CCOc1ccc(Cl)c(Cl)c1)N1CCCC(O)C1. The van der Waals surface area contributed by atoms with E-state index in [0.29, 0.717) is 28.9 Å². The molecule has 1 aliphatic heterocycles. The lowest BCUT2D eigenvalue weighted by atomic mass is 10.1. The van der Waals surface area contributed by atoms with E-state index < -0.39 is 6.10 Å².